The van der Waals surface area contributed by atoms with E-state index in [-0.39, 0.29) is 6.23 Å². The topological polar surface area (TPSA) is 24.5 Å². The van der Waals surface area contributed by atoms with Crippen LogP contribution in [0.15, 0.2) is 24.3 Å². The average Bonchev–Trinajstić information content (AvgIpc) is 2.29. The van der Waals surface area contributed by atoms with Gasteiger partial charge in [0.25, 0.3) is 0 Å². The predicted molar refractivity (Wildman–Crippen MR) is 66.7 cm³/mol. The summed E-state index contributed by atoms with van der Waals surface area (Å²) in [7, 11) is 4.10. The molecule has 1 aliphatic rings. The molecule has 88 valence electrons. The van der Waals surface area contributed by atoms with Crippen molar-refractivity contribution in [3.63, 3.8) is 0 Å². The second-order valence-electron chi connectivity index (χ2n) is 4.59. The van der Waals surface area contributed by atoms with Crippen molar-refractivity contribution in [2.45, 2.75) is 25.6 Å². The Bertz CT molecular complexity index is 334. The summed E-state index contributed by atoms with van der Waals surface area (Å²) in [6, 6.07) is 9.04. The maximum Gasteiger partial charge on any atom is 0.134 e. The molecule has 0 bridgehead atoms. The van der Waals surface area contributed by atoms with Crippen LogP contribution in [0, 0.1) is 0 Å². The molecule has 0 saturated carbocycles. The molecule has 0 radical (unpaired) electrons. The molecule has 0 aromatic heterocycles. The fraction of sp³-hybridized carbons (Fsp3) is 0.538. The highest BCUT2D eigenvalue weighted by Crippen LogP contribution is 2.22. The van der Waals surface area contributed by atoms with Gasteiger partial charge in [-0.05, 0) is 31.0 Å². The molecule has 3 heteroatoms. The smallest absolute Gasteiger partial charge is 0.134 e. The summed E-state index contributed by atoms with van der Waals surface area (Å²) in [6.07, 6.45) is 1.15. The van der Waals surface area contributed by atoms with E-state index in [1.807, 2.05) is 14.1 Å². The standard InChI is InChI=1S/C13H20N2O/c1-10-8-9-16-13(14-10)11-4-6-12(7-5-11)15(2)3/h4-7,10,13-14H,8-9H2,1-3H3/t10-,13-/m0/s1. The fourth-order valence-corrected chi connectivity index (χ4v) is 1.89. The largest absolute Gasteiger partial charge is 0.378 e. The van der Waals surface area contributed by atoms with Crippen molar-refractivity contribution in [1.82, 2.24) is 5.32 Å². The lowest BCUT2D eigenvalue weighted by molar-refractivity contribution is -0.0167. The summed E-state index contributed by atoms with van der Waals surface area (Å²) in [4.78, 5) is 2.10. The Balaban J connectivity index is 2.09. The molecule has 1 aromatic carbocycles. The van der Waals surface area contributed by atoms with Gasteiger partial charge in [0.05, 0.1) is 6.61 Å². The van der Waals surface area contributed by atoms with E-state index in [1.165, 1.54) is 11.3 Å². The lowest BCUT2D eigenvalue weighted by Crippen LogP contribution is -2.38. The van der Waals surface area contributed by atoms with Crippen molar-refractivity contribution < 1.29 is 4.74 Å². The van der Waals surface area contributed by atoms with Crippen LogP contribution in [0.25, 0.3) is 0 Å². The Labute approximate surface area is 97.4 Å². The summed E-state index contributed by atoms with van der Waals surface area (Å²) in [6.45, 7) is 3.04. The van der Waals surface area contributed by atoms with E-state index in [2.05, 4.69) is 41.4 Å². The third kappa shape index (κ3) is 2.54. The van der Waals surface area contributed by atoms with E-state index < -0.39 is 0 Å². The Morgan fingerprint density at radius 1 is 1.25 bits per heavy atom. The number of hydrogen-bond acceptors (Lipinski definition) is 3. The maximum atomic E-state index is 5.71. The summed E-state index contributed by atoms with van der Waals surface area (Å²) in [5.41, 5.74) is 2.42. The van der Waals surface area contributed by atoms with Gasteiger partial charge in [-0.3, -0.25) is 5.32 Å². The van der Waals surface area contributed by atoms with E-state index in [1.54, 1.807) is 0 Å². The summed E-state index contributed by atoms with van der Waals surface area (Å²) >= 11 is 0. The van der Waals surface area contributed by atoms with Crippen LogP contribution in [0.2, 0.25) is 0 Å². The molecule has 3 nitrogen and oxygen atoms in total. The number of nitrogens with zero attached hydrogens (tertiary/aromatic N) is 1. The van der Waals surface area contributed by atoms with Crippen molar-refractivity contribution in [2.75, 3.05) is 25.6 Å². The van der Waals surface area contributed by atoms with Crippen molar-refractivity contribution >= 4 is 5.69 Å². The molecule has 1 fully saturated rings. The molecule has 1 aliphatic heterocycles. The van der Waals surface area contributed by atoms with Gasteiger partial charge < -0.3 is 9.64 Å². The molecule has 2 rings (SSSR count). The van der Waals surface area contributed by atoms with Crippen LogP contribution in [0.3, 0.4) is 0 Å². The van der Waals surface area contributed by atoms with E-state index in [4.69, 9.17) is 4.74 Å². The van der Waals surface area contributed by atoms with Gasteiger partial charge in [-0.15, -0.1) is 0 Å². The predicted octanol–water partition coefficient (Wildman–Crippen LogP) is 2.15. The zero-order chi connectivity index (χ0) is 11.5. The van der Waals surface area contributed by atoms with Crippen LogP contribution < -0.4 is 10.2 Å². The van der Waals surface area contributed by atoms with Gasteiger partial charge in [-0.25, -0.2) is 0 Å². The zero-order valence-electron chi connectivity index (χ0n) is 10.2. The van der Waals surface area contributed by atoms with Gasteiger partial charge in [-0.1, -0.05) is 12.1 Å². The number of benzene rings is 1. The summed E-state index contributed by atoms with van der Waals surface area (Å²) in [5, 5.41) is 3.45. The van der Waals surface area contributed by atoms with E-state index >= 15 is 0 Å². The average molecular weight is 220 g/mol. The van der Waals surface area contributed by atoms with Gasteiger partial charge >= 0.3 is 0 Å². The highest BCUT2D eigenvalue weighted by Gasteiger charge is 2.19. The highest BCUT2D eigenvalue weighted by molar-refractivity contribution is 5.46. The molecule has 1 heterocycles. The minimum atomic E-state index is 0.0555. The van der Waals surface area contributed by atoms with Crippen LogP contribution in [0.5, 0.6) is 0 Å². The van der Waals surface area contributed by atoms with E-state index in [9.17, 15) is 0 Å². The molecular weight excluding hydrogens is 200 g/mol. The van der Waals surface area contributed by atoms with E-state index in [0.717, 1.165) is 13.0 Å². The molecule has 16 heavy (non-hydrogen) atoms. The van der Waals surface area contributed by atoms with Gasteiger partial charge in [0, 0.05) is 25.8 Å². The van der Waals surface area contributed by atoms with Crippen molar-refractivity contribution in [3.05, 3.63) is 29.8 Å². The summed E-state index contributed by atoms with van der Waals surface area (Å²) in [5.74, 6) is 0. The molecule has 0 spiro atoms. The Morgan fingerprint density at radius 3 is 2.50 bits per heavy atom. The summed E-state index contributed by atoms with van der Waals surface area (Å²) < 4.78 is 5.71. The van der Waals surface area contributed by atoms with Crippen LogP contribution in [0.4, 0.5) is 5.69 Å². The fourth-order valence-electron chi connectivity index (χ4n) is 1.89. The van der Waals surface area contributed by atoms with Crippen molar-refractivity contribution in [2.24, 2.45) is 0 Å². The molecular formula is C13H20N2O. The van der Waals surface area contributed by atoms with Crippen molar-refractivity contribution in [3.8, 4) is 0 Å². The lowest BCUT2D eigenvalue weighted by atomic mass is 10.1. The number of nitrogens with one attached hydrogen (secondary N) is 1. The first-order valence-corrected chi connectivity index (χ1v) is 5.82. The first-order chi connectivity index (χ1) is 7.66. The minimum Gasteiger partial charge on any atom is -0.378 e. The molecule has 1 aromatic rings. The van der Waals surface area contributed by atoms with Gasteiger partial charge in [0.1, 0.15) is 6.23 Å². The second kappa shape index (κ2) is 4.85. The minimum absolute atomic E-state index is 0.0555. The van der Waals surface area contributed by atoms with Crippen LogP contribution in [-0.4, -0.2) is 26.7 Å². The maximum absolute atomic E-state index is 5.71. The van der Waals surface area contributed by atoms with Gasteiger partial charge in [0.15, 0.2) is 0 Å². The molecule has 0 unspecified atom stereocenters. The van der Waals surface area contributed by atoms with Crippen LogP contribution in [0.1, 0.15) is 25.1 Å². The lowest BCUT2D eigenvalue weighted by Gasteiger charge is -2.29. The normalized spacial score (nSPS) is 25.4. The first kappa shape index (κ1) is 11.4. The molecule has 0 aliphatic carbocycles. The Kier molecular flexibility index (Phi) is 3.46. The number of rotatable bonds is 2. The molecule has 0 amide bonds. The third-order valence-corrected chi connectivity index (χ3v) is 2.98. The Morgan fingerprint density at radius 2 is 1.94 bits per heavy atom. The number of anilines is 1. The first-order valence-electron chi connectivity index (χ1n) is 5.82. The van der Waals surface area contributed by atoms with Crippen LogP contribution >= 0.6 is 0 Å². The number of ether oxygens (including phenoxy) is 1. The monoisotopic (exact) mass is 220 g/mol. The third-order valence-electron chi connectivity index (χ3n) is 2.98. The SMILES string of the molecule is C[C@H]1CCO[C@@H](c2ccc(N(C)C)cc2)N1. The highest BCUT2D eigenvalue weighted by atomic mass is 16.5. The molecule has 2 atom stereocenters. The van der Waals surface area contributed by atoms with Crippen molar-refractivity contribution in [1.29, 1.82) is 0 Å². The zero-order valence-corrected chi connectivity index (χ0v) is 10.2. The van der Waals surface area contributed by atoms with Gasteiger partial charge in [0.2, 0.25) is 0 Å². The van der Waals surface area contributed by atoms with Crippen LogP contribution in [-0.2, 0) is 4.74 Å². The Hall–Kier alpha value is -1.06. The van der Waals surface area contributed by atoms with E-state index in [0.29, 0.717) is 6.04 Å². The van der Waals surface area contributed by atoms with Gasteiger partial charge in [-0.2, -0.15) is 0 Å². The number of hydrogen-bond donors (Lipinski definition) is 1. The molecule has 1 saturated heterocycles. The molecule has 1 N–H and O–H groups in total. The second-order valence-corrected chi connectivity index (χ2v) is 4.59. The quantitative estimate of drug-likeness (QED) is 0.826.